The van der Waals surface area contributed by atoms with Crippen LogP contribution >= 0.6 is 0 Å². The first kappa shape index (κ1) is 13.2. The van der Waals surface area contributed by atoms with E-state index in [0.29, 0.717) is 0 Å². The second kappa shape index (κ2) is 7.56. The first-order chi connectivity index (χ1) is 6.63. The van der Waals surface area contributed by atoms with Gasteiger partial charge in [-0.2, -0.15) is 0 Å². The van der Waals surface area contributed by atoms with Gasteiger partial charge in [0.15, 0.2) is 0 Å². The van der Waals surface area contributed by atoms with Crippen LogP contribution in [-0.4, -0.2) is 25.1 Å². The van der Waals surface area contributed by atoms with Crippen molar-refractivity contribution in [1.82, 2.24) is 5.06 Å². The van der Waals surface area contributed by atoms with Gasteiger partial charge in [-0.15, -0.1) is 6.58 Å². The molecule has 0 saturated carbocycles. The van der Waals surface area contributed by atoms with E-state index in [1.807, 2.05) is 13.0 Å². The second-order valence-electron chi connectivity index (χ2n) is 3.49. The third kappa shape index (κ3) is 5.02. The zero-order valence-electron chi connectivity index (χ0n) is 9.45. The summed E-state index contributed by atoms with van der Waals surface area (Å²) < 4.78 is 0. The first-order valence-electron chi connectivity index (χ1n) is 5.06. The molecule has 0 N–H and O–H groups in total. The molecule has 3 nitrogen and oxygen atoms in total. The molecule has 1 amide bonds. The summed E-state index contributed by atoms with van der Waals surface area (Å²) in [6, 6.07) is 0. The Kier molecular flexibility index (Phi) is 7.11. The topological polar surface area (TPSA) is 29.5 Å². The van der Waals surface area contributed by atoms with Gasteiger partial charge in [-0.25, -0.2) is 5.06 Å². The molecule has 0 bridgehead atoms. The summed E-state index contributed by atoms with van der Waals surface area (Å²) in [5.41, 5.74) is 0. The molecule has 0 aliphatic rings. The number of unbranched alkanes of at least 4 members (excludes halogenated alkanes) is 2. The fourth-order valence-corrected chi connectivity index (χ4v) is 1.26. The fourth-order valence-electron chi connectivity index (χ4n) is 1.26. The van der Waals surface area contributed by atoms with Gasteiger partial charge in [-0.1, -0.05) is 19.4 Å². The lowest BCUT2D eigenvalue weighted by atomic mass is 10.0. The van der Waals surface area contributed by atoms with E-state index in [0.717, 1.165) is 25.7 Å². The van der Waals surface area contributed by atoms with Crippen LogP contribution in [0.5, 0.6) is 0 Å². The summed E-state index contributed by atoms with van der Waals surface area (Å²) in [4.78, 5) is 16.3. The zero-order valence-corrected chi connectivity index (χ0v) is 9.45. The van der Waals surface area contributed by atoms with Gasteiger partial charge in [0, 0.05) is 13.0 Å². The summed E-state index contributed by atoms with van der Waals surface area (Å²) in [6.07, 6.45) is 6.03. The van der Waals surface area contributed by atoms with Gasteiger partial charge in [-0.05, 0) is 19.3 Å². The molecule has 14 heavy (non-hydrogen) atoms. The maximum Gasteiger partial charge on any atom is 0.248 e. The van der Waals surface area contributed by atoms with Crippen LogP contribution in [0.1, 0.15) is 32.6 Å². The Balaban J connectivity index is 3.67. The Labute approximate surface area is 86.7 Å². The number of carbonyl (C=O) groups is 1. The van der Waals surface area contributed by atoms with Crippen LogP contribution in [0.3, 0.4) is 0 Å². The van der Waals surface area contributed by atoms with E-state index >= 15 is 0 Å². The van der Waals surface area contributed by atoms with Crippen molar-refractivity contribution in [3.8, 4) is 0 Å². The van der Waals surface area contributed by atoms with E-state index in [1.165, 1.54) is 12.2 Å². The molecule has 0 aromatic rings. The predicted molar refractivity (Wildman–Crippen MR) is 57.6 cm³/mol. The number of amides is 1. The lowest BCUT2D eigenvalue weighted by Crippen LogP contribution is -2.30. The van der Waals surface area contributed by atoms with Crippen molar-refractivity contribution in [3.05, 3.63) is 12.7 Å². The molecule has 0 spiro atoms. The minimum absolute atomic E-state index is 0.0461. The predicted octanol–water partition coefficient (Wildman–Crippen LogP) is 2.39. The summed E-state index contributed by atoms with van der Waals surface area (Å²) in [5, 5.41) is 1.29. The van der Waals surface area contributed by atoms with Crippen molar-refractivity contribution in [2.75, 3.05) is 14.2 Å². The van der Waals surface area contributed by atoms with E-state index in [9.17, 15) is 4.79 Å². The van der Waals surface area contributed by atoms with Crippen LogP contribution in [0.4, 0.5) is 0 Å². The highest BCUT2D eigenvalue weighted by Gasteiger charge is 2.16. The maximum atomic E-state index is 11.5. The van der Waals surface area contributed by atoms with Crippen molar-refractivity contribution in [3.63, 3.8) is 0 Å². The van der Waals surface area contributed by atoms with Crippen molar-refractivity contribution in [2.24, 2.45) is 5.92 Å². The van der Waals surface area contributed by atoms with E-state index in [1.54, 1.807) is 7.05 Å². The van der Waals surface area contributed by atoms with Crippen molar-refractivity contribution >= 4 is 5.91 Å². The van der Waals surface area contributed by atoms with Gasteiger partial charge in [0.25, 0.3) is 0 Å². The molecule has 3 heteroatoms. The monoisotopic (exact) mass is 199 g/mol. The lowest BCUT2D eigenvalue weighted by molar-refractivity contribution is -0.173. The number of nitrogens with zero attached hydrogens (tertiary/aromatic N) is 1. The largest absolute Gasteiger partial charge is 0.275 e. The molecule has 0 rings (SSSR count). The molecule has 82 valence electrons. The van der Waals surface area contributed by atoms with Crippen molar-refractivity contribution < 1.29 is 9.63 Å². The Bertz CT molecular complexity index is 180. The molecule has 0 aromatic heterocycles. The average Bonchev–Trinajstić information content (AvgIpc) is 2.21. The fraction of sp³-hybridized carbons (Fsp3) is 0.727. The smallest absolute Gasteiger partial charge is 0.248 e. The van der Waals surface area contributed by atoms with E-state index in [4.69, 9.17) is 4.84 Å². The van der Waals surface area contributed by atoms with E-state index < -0.39 is 0 Å². The standard InChI is InChI=1S/C11H21NO2/c1-5-6-7-8-9-10(2)11(13)12(3)14-4/h5,10H,1,6-9H2,2-4H3. The highest BCUT2D eigenvalue weighted by molar-refractivity contribution is 5.77. The van der Waals surface area contributed by atoms with Gasteiger partial charge in [0.05, 0.1) is 7.11 Å². The Morgan fingerprint density at radius 3 is 2.71 bits per heavy atom. The molecule has 0 saturated heterocycles. The van der Waals surface area contributed by atoms with E-state index in [2.05, 4.69) is 6.58 Å². The molecule has 0 aliphatic carbocycles. The Morgan fingerprint density at radius 1 is 1.57 bits per heavy atom. The summed E-state index contributed by atoms with van der Waals surface area (Å²) in [5.74, 6) is 0.0934. The van der Waals surface area contributed by atoms with Gasteiger partial charge >= 0.3 is 0 Å². The molecule has 0 aliphatic heterocycles. The molecule has 0 fully saturated rings. The highest BCUT2D eigenvalue weighted by atomic mass is 16.7. The van der Waals surface area contributed by atoms with Crippen LogP contribution in [0.25, 0.3) is 0 Å². The average molecular weight is 199 g/mol. The molecule has 0 aromatic carbocycles. The van der Waals surface area contributed by atoms with Crippen molar-refractivity contribution in [2.45, 2.75) is 32.6 Å². The highest BCUT2D eigenvalue weighted by Crippen LogP contribution is 2.11. The summed E-state index contributed by atoms with van der Waals surface area (Å²) in [6.45, 7) is 5.60. The van der Waals surface area contributed by atoms with Crippen LogP contribution in [0.2, 0.25) is 0 Å². The minimum atomic E-state index is 0.0461. The SMILES string of the molecule is C=CCCCCC(C)C(=O)N(C)OC. The van der Waals surface area contributed by atoms with Gasteiger partial charge in [0.1, 0.15) is 0 Å². The Morgan fingerprint density at radius 2 is 2.21 bits per heavy atom. The van der Waals surface area contributed by atoms with Crippen LogP contribution in [-0.2, 0) is 9.63 Å². The molecular weight excluding hydrogens is 178 g/mol. The zero-order chi connectivity index (χ0) is 11.0. The minimum Gasteiger partial charge on any atom is -0.275 e. The number of carbonyl (C=O) groups excluding carboxylic acids is 1. The molecular formula is C11H21NO2. The number of hydrogen-bond acceptors (Lipinski definition) is 2. The Hall–Kier alpha value is -0.830. The normalized spacial score (nSPS) is 12.2. The number of hydrogen-bond donors (Lipinski definition) is 0. The third-order valence-corrected chi connectivity index (χ3v) is 2.30. The number of hydroxylamine groups is 2. The second-order valence-corrected chi connectivity index (χ2v) is 3.49. The lowest BCUT2D eigenvalue weighted by Gasteiger charge is -2.18. The first-order valence-corrected chi connectivity index (χ1v) is 5.06. The molecule has 1 unspecified atom stereocenters. The quantitative estimate of drug-likeness (QED) is 0.358. The van der Waals surface area contributed by atoms with Gasteiger partial charge in [0.2, 0.25) is 5.91 Å². The van der Waals surface area contributed by atoms with Crippen molar-refractivity contribution in [1.29, 1.82) is 0 Å². The summed E-state index contributed by atoms with van der Waals surface area (Å²) in [7, 11) is 3.14. The third-order valence-electron chi connectivity index (χ3n) is 2.30. The molecule has 1 atom stereocenters. The van der Waals surface area contributed by atoms with Crippen LogP contribution in [0, 0.1) is 5.92 Å². The number of rotatable bonds is 7. The maximum absolute atomic E-state index is 11.5. The summed E-state index contributed by atoms with van der Waals surface area (Å²) >= 11 is 0. The number of allylic oxidation sites excluding steroid dienone is 1. The van der Waals surface area contributed by atoms with Crippen LogP contribution < -0.4 is 0 Å². The molecule has 0 heterocycles. The molecule has 0 radical (unpaired) electrons. The van der Waals surface area contributed by atoms with Gasteiger partial charge < -0.3 is 0 Å². The van der Waals surface area contributed by atoms with Crippen LogP contribution in [0.15, 0.2) is 12.7 Å². The van der Waals surface area contributed by atoms with Gasteiger partial charge in [-0.3, -0.25) is 9.63 Å². The van der Waals surface area contributed by atoms with E-state index in [-0.39, 0.29) is 11.8 Å².